The average Bonchev–Trinajstić information content (AvgIpc) is 2.96. The summed E-state index contributed by atoms with van der Waals surface area (Å²) in [5.74, 6) is -2.63. The Morgan fingerprint density at radius 1 is 1.32 bits per heavy atom. The molecule has 0 saturated carbocycles. The molecule has 0 bridgehead atoms. The highest BCUT2D eigenvalue weighted by molar-refractivity contribution is 8.16. The van der Waals surface area contributed by atoms with Crippen LogP contribution in [0.4, 0.5) is 10.1 Å². The maximum atomic E-state index is 13.6. The van der Waals surface area contributed by atoms with E-state index in [9.17, 15) is 27.5 Å². The highest BCUT2D eigenvalue weighted by Crippen LogP contribution is 2.41. The molecule has 2 saturated heterocycles. The quantitative estimate of drug-likeness (QED) is 0.716. The van der Waals surface area contributed by atoms with E-state index in [4.69, 9.17) is 0 Å². The molecule has 0 aromatic heterocycles. The number of carboxylic acid groups (broad SMARTS) is 1. The molecule has 2 fully saturated rings. The minimum Gasteiger partial charge on any atom is -0.550 e. The van der Waals surface area contributed by atoms with Crippen LogP contribution < -0.4 is 10.0 Å². The molecular formula is C15H14FN2O5S2-. The van der Waals surface area contributed by atoms with Crippen molar-refractivity contribution in [1.29, 1.82) is 0 Å². The molecule has 0 spiro atoms. The largest absolute Gasteiger partial charge is 0.550 e. The van der Waals surface area contributed by atoms with Crippen LogP contribution in [0.25, 0.3) is 0 Å². The minimum atomic E-state index is -3.21. The molecule has 0 unspecified atom stereocenters. The highest BCUT2D eigenvalue weighted by Gasteiger charge is 2.49. The maximum absolute atomic E-state index is 13.6. The number of rotatable bonds is 4. The van der Waals surface area contributed by atoms with E-state index in [1.165, 1.54) is 18.2 Å². The summed E-state index contributed by atoms with van der Waals surface area (Å²) in [6, 6.07) is 5.16. The molecule has 1 amide bonds. The van der Waals surface area contributed by atoms with Gasteiger partial charge >= 0.3 is 0 Å². The average molecular weight is 385 g/mol. The van der Waals surface area contributed by atoms with Gasteiger partial charge in [0.05, 0.1) is 17.5 Å². The number of aliphatic imine (C=N–C) groups is 1. The number of carbonyl (C=O) groups excluding carboxylic acids is 2. The number of benzene rings is 1. The summed E-state index contributed by atoms with van der Waals surface area (Å²) in [5.41, 5.74) is 0.406. The first-order chi connectivity index (χ1) is 11.7. The van der Waals surface area contributed by atoms with Gasteiger partial charge in [-0.15, -0.1) is 0 Å². The number of amidine groups is 1. The van der Waals surface area contributed by atoms with Crippen LogP contribution in [-0.2, 0) is 19.4 Å². The van der Waals surface area contributed by atoms with Crippen molar-refractivity contribution >= 4 is 44.3 Å². The number of carbonyl (C=O) groups is 2. The number of carboxylic acids is 1. The van der Waals surface area contributed by atoms with E-state index < -0.39 is 40.0 Å². The molecule has 0 radical (unpaired) electrons. The number of anilines is 1. The van der Waals surface area contributed by atoms with Crippen LogP contribution in [0.1, 0.15) is 12.8 Å². The summed E-state index contributed by atoms with van der Waals surface area (Å²) in [5, 5.41) is 10.4. The molecule has 0 N–H and O–H groups in total. The topological polar surface area (TPSA) is 107 Å². The van der Waals surface area contributed by atoms with Crippen LogP contribution in [-0.4, -0.2) is 48.3 Å². The number of nitrogens with zero attached hydrogens (tertiary/aromatic N) is 2. The van der Waals surface area contributed by atoms with Crippen molar-refractivity contribution in [2.75, 3.05) is 16.4 Å². The summed E-state index contributed by atoms with van der Waals surface area (Å²) in [4.78, 5) is 27.8. The van der Waals surface area contributed by atoms with Gasteiger partial charge in [-0.3, -0.25) is 4.79 Å². The molecule has 2 atom stereocenters. The van der Waals surface area contributed by atoms with Gasteiger partial charge in [0.25, 0.3) is 0 Å². The second-order valence-corrected chi connectivity index (χ2v) is 9.17. The highest BCUT2D eigenvalue weighted by atomic mass is 32.2. The van der Waals surface area contributed by atoms with E-state index in [-0.39, 0.29) is 28.3 Å². The third kappa shape index (κ3) is 4.01. The summed E-state index contributed by atoms with van der Waals surface area (Å²) in [7, 11) is -3.21. The summed E-state index contributed by atoms with van der Waals surface area (Å²) < 4.78 is 37.4. The molecule has 1 aromatic rings. The van der Waals surface area contributed by atoms with E-state index in [0.717, 1.165) is 11.8 Å². The van der Waals surface area contributed by atoms with Crippen LogP contribution in [0, 0.1) is 5.82 Å². The Morgan fingerprint density at radius 3 is 2.76 bits per heavy atom. The molecule has 0 aliphatic carbocycles. The summed E-state index contributed by atoms with van der Waals surface area (Å²) >= 11 is 1.15. The van der Waals surface area contributed by atoms with Crippen molar-refractivity contribution in [1.82, 2.24) is 0 Å². The van der Waals surface area contributed by atoms with Crippen molar-refractivity contribution in [3.63, 3.8) is 0 Å². The fourth-order valence-corrected chi connectivity index (χ4v) is 6.80. The van der Waals surface area contributed by atoms with Gasteiger partial charge in [-0.05, 0) is 24.6 Å². The van der Waals surface area contributed by atoms with Gasteiger partial charge in [-0.2, -0.15) is 4.99 Å². The van der Waals surface area contributed by atoms with Crippen LogP contribution in [0.2, 0.25) is 0 Å². The normalized spacial score (nSPS) is 26.0. The molecule has 10 heteroatoms. The molecule has 25 heavy (non-hydrogen) atoms. The lowest BCUT2D eigenvalue weighted by molar-refractivity contribution is -0.305. The number of sulfone groups is 1. The van der Waals surface area contributed by atoms with Crippen molar-refractivity contribution in [3.05, 3.63) is 30.1 Å². The van der Waals surface area contributed by atoms with Gasteiger partial charge in [-0.1, -0.05) is 17.8 Å². The Morgan fingerprint density at radius 2 is 2.08 bits per heavy atom. The third-order valence-corrected chi connectivity index (χ3v) is 7.13. The third-order valence-electron chi connectivity index (χ3n) is 3.92. The predicted octanol–water partition coefficient (Wildman–Crippen LogP) is -0.0428. The Hall–Kier alpha value is -1.94. The van der Waals surface area contributed by atoms with E-state index in [2.05, 4.69) is 4.99 Å². The molecule has 2 aliphatic heterocycles. The van der Waals surface area contributed by atoms with Gasteiger partial charge in [0, 0.05) is 23.3 Å². The Labute approximate surface area is 147 Å². The lowest BCUT2D eigenvalue weighted by atomic mass is 10.2. The maximum Gasteiger partial charge on any atom is 0.248 e. The molecule has 2 heterocycles. The summed E-state index contributed by atoms with van der Waals surface area (Å²) in [6.45, 7) is 0. The number of fused-ring (bicyclic) bond motifs is 1. The smallest absolute Gasteiger partial charge is 0.248 e. The minimum absolute atomic E-state index is 0.0413. The van der Waals surface area contributed by atoms with E-state index in [1.807, 2.05) is 0 Å². The van der Waals surface area contributed by atoms with Crippen LogP contribution in [0.5, 0.6) is 0 Å². The molecular weight excluding hydrogens is 371 g/mol. The van der Waals surface area contributed by atoms with Crippen LogP contribution >= 0.6 is 11.8 Å². The second-order valence-electron chi connectivity index (χ2n) is 5.81. The fourth-order valence-electron chi connectivity index (χ4n) is 2.86. The molecule has 7 nitrogen and oxygen atoms in total. The first kappa shape index (κ1) is 17.9. The first-order valence-corrected chi connectivity index (χ1v) is 10.2. The van der Waals surface area contributed by atoms with Crippen molar-refractivity contribution in [3.8, 4) is 0 Å². The molecule has 3 rings (SSSR count). The second kappa shape index (κ2) is 6.75. The zero-order chi connectivity index (χ0) is 18.2. The van der Waals surface area contributed by atoms with Crippen molar-refractivity contribution in [2.24, 2.45) is 4.99 Å². The zero-order valence-corrected chi connectivity index (χ0v) is 14.6. The van der Waals surface area contributed by atoms with Gasteiger partial charge < -0.3 is 14.8 Å². The van der Waals surface area contributed by atoms with Crippen molar-refractivity contribution < 1.29 is 27.5 Å². The Bertz CT molecular complexity index is 855. The van der Waals surface area contributed by atoms with Crippen LogP contribution in [0.3, 0.4) is 0 Å². The number of halogens is 1. The molecule has 134 valence electrons. The number of hydrogen-bond acceptors (Lipinski definition) is 6. The fraction of sp³-hybridized carbons (Fsp3) is 0.400. The molecule has 2 aliphatic rings. The lowest BCUT2D eigenvalue weighted by Crippen LogP contribution is -2.37. The number of thioether (sulfide) groups is 1. The SMILES string of the molecule is O=C([O-])CCC(=O)N=C1S[C@@H]2CS(=O)(=O)C[C@@H]2N1c1cccc(F)c1. The van der Waals surface area contributed by atoms with Gasteiger partial charge in [0.1, 0.15) is 5.82 Å². The monoisotopic (exact) mass is 385 g/mol. The Balaban J connectivity index is 1.92. The Kier molecular flexibility index (Phi) is 4.83. The standard InChI is InChI=1S/C15H15FN2O5S2/c16-9-2-1-3-10(6-9)18-11-7-25(22,23)8-12(11)24-15(18)17-13(19)4-5-14(20)21/h1-3,6,11-12H,4-5,7-8H2,(H,20,21)/p-1/t11-,12+/m0/s1. The van der Waals surface area contributed by atoms with Gasteiger partial charge in [0.15, 0.2) is 15.0 Å². The van der Waals surface area contributed by atoms with E-state index in [0.29, 0.717) is 5.69 Å². The predicted molar refractivity (Wildman–Crippen MR) is 89.4 cm³/mol. The number of amides is 1. The van der Waals surface area contributed by atoms with Gasteiger partial charge in [0.2, 0.25) is 5.91 Å². The van der Waals surface area contributed by atoms with E-state index >= 15 is 0 Å². The number of hydrogen-bond donors (Lipinski definition) is 0. The van der Waals surface area contributed by atoms with Crippen LogP contribution in [0.15, 0.2) is 29.3 Å². The first-order valence-electron chi connectivity index (χ1n) is 7.48. The van der Waals surface area contributed by atoms with Crippen molar-refractivity contribution in [2.45, 2.75) is 24.1 Å². The zero-order valence-electron chi connectivity index (χ0n) is 12.9. The summed E-state index contributed by atoms with van der Waals surface area (Å²) in [6.07, 6.45) is -0.751. The molecule has 1 aromatic carbocycles. The number of aliphatic carboxylic acids is 1. The van der Waals surface area contributed by atoms with Gasteiger partial charge in [-0.25, -0.2) is 12.8 Å². The lowest BCUT2D eigenvalue weighted by Gasteiger charge is -2.24. The van der Waals surface area contributed by atoms with E-state index in [1.54, 1.807) is 11.0 Å².